The quantitative estimate of drug-likeness (QED) is 0.407. The van der Waals surface area contributed by atoms with Crippen LogP contribution in [0.5, 0.6) is 0 Å². The first-order valence-corrected chi connectivity index (χ1v) is 11.0. The van der Waals surface area contributed by atoms with E-state index in [9.17, 15) is 9.59 Å². The van der Waals surface area contributed by atoms with Crippen molar-refractivity contribution in [2.45, 2.75) is 12.1 Å². The van der Waals surface area contributed by atoms with Gasteiger partial charge < -0.3 is 10.6 Å². The third-order valence-electron chi connectivity index (χ3n) is 4.48. The summed E-state index contributed by atoms with van der Waals surface area (Å²) < 4.78 is 1.95. The molecule has 0 bridgehead atoms. The lowest BCUT2D eigenvalue weighted by molar-refractivity contribution is -0.114. The molecule has 0 fully saturated rings. The Hall–Kier alpha value is -3.91. The first-order chi connectivity index (χ1) is 15.6. The van der Waals surface area contributed by atoms with E-state index in [-0.39, 0.29) is 17.6 Å². The molecule has 1 heterocycles. The highest BCUT2D eigenvalue weighted by atomic mass is 32.2. The number of thioether (sulfide) groups is 1. The second kappa shape index (κ2) is 9.93. The van der Waals surface area contributed by atoms with Crippen molar-refractivity contribution in [2.75, 3.05) is 16.4 Å². The van der Waals surface area contributed by atoms with Crippen LogP contribution >= 0.6 is 11.8 Å². The SMILES string of the molecule is CC(=O)Nc1cccc(NC(=O)CSc2nnc(-c3ccccc3)n2-c2ccccc2)c1. The van der Waals surface area contributed by atoms with E-state index in [2.05, 4.69) is 20.8 Å². The van der Waals surface area contributed by atoms with Crippen molar-refractivity contribution in [3.63, 3.8) is 0 Å². The molecule has 0 saturated carbocycles. The number of nitrogens with zero attached hydrogens (tertiary/aromatic N) is 3. The number of nitrogens with one attached hydrogen (secondary N) is 2. The van der Waals surface area contributed by atoms with Gasteiger partial charge in [-0.3, -0.25) is 14.2 Å². The fourth-order valence-electron chi connectivity index (χ4n) is 3.15. The van der Waals surface area contributed by atoms with E-state index >= 15 is 0 Å². The zero-order valence-electron chi connectivity index (χ0n) is 17.4. The molecule has 160 valence electrons. The number of carbonyl (C=O) groups excluding carboxylic acids is 2. The van der Waals surface area contributed by atoms with Gasteiger partial charge >= 0.3 is 0 Å². The molecule has 32 heavy (non-hydrogen) atoms. The van der Waals surface area contributed by atoms with Gasteiger partial charge in [-0.05, 0) is 30.3 Å². The van der Waals surface area contributed by atoms with Crippen LogP contribution in [0.1, 0.15) is 6.92 Å². The van der Waals surface area contributed by atoms with Gasteiger partial charge in [-0.2, -0.15) is 0 Å². The summed E-state index contributed by atoms with van der Waals surface area (Å²) in [7, 11) is 0. The number of carbonyl (C=O) groups is 2. The molecule has 0 saturated heterocycles. The smallest absolute Gasteiger partial charge is 0.234 e. The van der Waals surface area contributed by atoms with Crippen LogP contribution in [0.2, 0.25) is 0 Å². The summed E-state index contributed by atoms with van der Waals surface area (Å²) in [5, 5.41) is 14.9. The zero-order chi connectivity index (χ0) is 22.3. The molecule has 0 aliphatic carbocycles. The maximum atomic E-state index is 12.6. The fraction of sp³-hybridized carbons (Fsp3) is 0.0833. The average Bonchev–Trinajstić information content (AvgIpc) is 3.23. The van der Waals surface area contributed by atoms with Gasteiger partial charge in [-0.1, -0.05) is 66.4 Å². The highest BCUT2D eigenvalue weighted by Crippen LogP contribution is 2.28. The molecule has 0 spiro atoms. The Morgan fingerprint density at radius 2 is 1.50 bits per heavy atom. The van der Waals surface area contributed by atoms with E-state index < -0.39 is 0 Å². The van der Waals surface area contributed by atoms with Crippen LogP contribution in [-0.4, -0.2) is 32.3 Å². The first kappa shape index (κ1) is 21.3. The van der Waals surface area contributed by atoms with E-state index in [4.69, 9.17) is 0 Å². The monoisotopic (exact) mass is 443 g/mol. The molecular weight excluding hydrogens is 422 g/mol. The number of aromatic nitrogens is 3. The number of hydrogen-bond acceptors (Lipinski definition) is 5. The van der Waals surface area contributed by atoms with Gasteiger partial charge in [-0.25, -0.2) is 0 Å². The van der Waals surface area contributed by atoms with E-state index in [1.54, 1.807) is 24.3 Å². The molecule has 4 rings (SSSR count). The second-order valence-electron chi connectivity index (χ2n) is 6.94. The van der Waals surface area contributed by atoms with Gasteiger partial charge in [0.05, 0.1) is 5.75 Å². The number of rotatable bonds is 7. The van der Waals surface area contributed by atoms with E-state index in [1.165, 1.54) is 18.7 Å². The molecule has 0 unspecified atom stereocenters. The molecule has 3 aromatic carbocycles. The molecular formula is C24H21N5O2S. The molecule has 4 aromatic rings. The fourth-order valence-corrected chi connectivity index (χ4v) is 3.90. The first-order valence-electron chi connectivity index (χ1n) is 9.97. The number of hydrogen-bond donors (Lipinski definition) is 2. The Morgan fingerprint density at radius 1 is 0.844 bits per heavy atom. The van der Waals surface area contributed by atoms with Crippen LogP contribution in [0.3, 0.4) is 0 Å². The molecule has 0 radical (unpaired) electrons. The minimum atomic E-state index is -0.182. The lowest BCUT2D eigenvalue weighted by Gasteiger charge is -2.11. The Balaban J connectivity index is 1.52. The number of para-hydroxylation sites is 1. The van der Waals surface area contributed by atoms with Gasteiger partial charge in [0.2, 0.25) is 11.8 Å². The van der Waals surface area contributed by atoms with Crippen molar-refractivity contribution in [1.29, 1.82) is 0 Å². The van der Waals surface area contributed by atoms with Crippen LogP contribution in [0.4, 0.5) is 11.4 Å². The Labute approximate surface area is 189 Å². The maximum Gasteiger partial charge on any atom is 0.234 e. The van der Waals surface area contributed by atoms with Gasteiger partial charge in [0, 0.05) is 29.5 Å². The number of amides is 2. The molecule has 7 nitrogen and oxygen atoms in total. The summed E-state index contributed by atoms with van der Waals surface area (Å²) in [6, 6.07) is 26.6. The summed E-state index contributed by atoms with van der Waals surface area (Å²) in [5.74, 6) is 0.518. The van der Waals surface area contributed by atoms with Crippen molar-refractivity contribution < 1.29 is 9.59 Å². The average molecular weight is 444 g/mol. The van der Waals surface area contributed by atoms with Crippen LogP contribution in [0, 0.1) is 0 Å². The third-order valence-corrected chi connectivity index (χ3v) is 5.41. The maximum absolute atomic E-state index is 12.6. The van der Waals surface area contributed by atoms with E-state index in [0.717, 1.165) is 11.3 Å². The summed E-state index contributed by atoms with van der Waals surface area (Å²) in [5.41, 5.74) is 3.09. The summed E-state index contributed by atoms with van der Waals surface area (Å²) in [6.07, 6.45) is 0. The molecule has 2 amide bonds. The molecule has 2 N–H and O–H groups in total. The molecule has 0 aliphatic rings. The molecule has 8 heteroatoms. The van der Waals surface area contributed by atoms with Gasteiger partial charge in [0.15, 0.2) is 11.0 Å². The number of benzene rings is 3. The van der Waals surface area contributed by atoms with Crippen LogP contribution in [0.15, 0.2) is 90.1 Å². The Bertz CT molecular complexity index is 1230. The molecule has 0 aliphatic heterocycles. The molecule has 1 aromatic heterocycles. The minimum Gasteiger partial charge on any atom is -0.326 e. The van der Waals surface area contributed by atoms with Crippen molar-refractivity contribution in [2.24, 2.45) is 0 Å². The topological polar surface area (TPSA) is 88.9 Å². The Kier molecular flexibility index (Phi) is 6.62. The predicted molar refractivity (Wildman–Crippen MR) is 127 cm³/mol. The summed E-state index contributed by atoms with van der Waals surface area (Å²) >= 11 is 1.31. The Morgan fingerprint density at radius 3 is 2.19 bits per heavy atom. The lowest BCUT2D eigenvalue weighted by atomic mass is 10.2. The van der Waals surface area contributed by atoms with Crippen molar-refractivity contribution in [3.05, 3.63) is 84.9 Å². The standard InChI is InChI=1S/C24H21N5O2S/c1-17(30)25-19-11-8-12-20(15-19)26-22(31)16-32-24-28-27-23(18-9-4-2-5-10-18)29(24)21-13-6-3-7-14-21/h2-15H,16H2,1H3,(H,25,30)(H,26,31). The van der Waals surface area contributed by atoms with Crippen LogP contribution in [0.25, 0.3) is 17.1 Å². The molecule has 0 atom stereocenters. The van der Waals surface area contributed by atoms with Crippen molar-refractivity contribution >= 4 is 35.0 Å². The zero-order valence-corrected chi connectivity index (χ0v) is 18.2. The minimum absolute atomic E-state index is 0.157. The lowest BCUT2D eigenvalue weighted by Crippen LogP contribution is -2.15. The largest absolute Gasteiger partial charge is 0.326 e. The summed E-state index contributed by atoms with van der Waals surface area (Å²) in [4.78, 5) is 23.8. The van der Waals surface area contributed by atoms with Crippen molar-refractivity contribution in [1.82, 2.24) is 14.8 Å². The third kappa shape index (κ3) is 5.22. The summed E-state index contributed by atoms with van der Waals surface area (Å²) in [6.45, 7) is 1.44. The van der Waals surface area contributed by atoms with Gasteiger partial charge in [0.25, 0.3) is 0 Å². The van der Waals surface area contributed by atoms with Gasteiger partial charge in [-0.15, -0.1) is 10.2 Å². The normalized spacial score (nSPS) is 10.5. The van der Waals surface area contributed by atoms with Crippen molar-refractivity contribution in [3.8, 4) is 17.1 Å². The highest BCUT2D eigenvalue weighted by Gasteiger charge is 2.17. The van der Waals surface area contributed by atoms with E-state index in [1.807, 2.05) is 65.2 Å². The van der Waals surface area contributed by atoms with E-state index in [0.29, 0.717) is 22.4 Å². The predicted octanol–water partition coefficient (Wildman–Crippen LogP) is 4.62. The van der Waals surface area contributed by atoms with Gasteiger partial charge in [0.1, 0.15) is 0 Å². The number of anilines is 2. The second-order valence-corrected chi connectivity index (χ2v) is 7.88. The van der Waals surface area contributed by atoms with Crippen LogP contribution in [-0.2, 0) is 9.59 Å². The highest BCUT2D eigenvalue weighted by molar-refractivity contribution is 7.99. The van der Waals surface area contributed by atoms with Crippen LogP contribution < -0.4 is 10.6 Å².